The Bertz CT molecular complexity index is 1120. The molecule has 0 saturated heterocycles. The predicted molar refractivity (Wildman–Crippen MR) is 123 cm³/mol. The third kappa shape index (κ3) is 4.68. The summed E-state index contributed by atoms with van der Waals surface area (Å²) in [5, 5.41) is 2.54. The Labute approximate surface area is 204 Å². The van der Waals surface area contributed by atoms with E-state index < -0.39 is 36.1 Å². The van der Waals surface area contributed by atoms with E-state index in [1.165, 1.54) is 7.11 Å². The summed E-state index contributed by atoms with van der Waals surface area (Å²) in [4.78, 5) is 38.5. The van der Waals surface area contributed by atoms with E-state index in [-0.39, 0.29) is 18.3 Å². The number of carbonyl (C=O) groups excluding carboxylic acids is 3. The van der Waals surface area contributed by atoms with Crippen molar-refractivity contribution < 1.29 is 38.1 Å². The first kappa shape index (κ1) is 23.9. The maximum atomic E-state index is 13.4. The van der Waals surface area contributed by atoms with Gasteiger partial charge in [-0.2, -0.15) is 0 Å². The molecule has 10 heteroatoms. The van der Waals surface area contributed by atoms with Gasteiger partial charge < -0.3 is 29.0 Å². The number of hydrogen-bond acceptors (Lipinski definition) is 8. The van der Waals surface area contributed by atoms with Crippen molar-refractivity contribution in [3.63, 3.8) is 0 Å². The molecule has 0 fully saturated rings. The molecule has 0 aliphatic carbocycles. The first-order valence-electron chi connectivity index (χ1n) is 10.8. The van der Waals surface area contributed by atoms with Crippen molar-refractivity contribution in [2.45, 2.75) is 38.5 Å². The largest absolute Gasteiger partial charge is 0.481 e. The van der Waals surface area contributed by atoms with Crippen LogP contribution in [0.1, 0.15) is 42.3 Å². The summed E-state index contributed by atoms with van der Waals surface area (Å²) in [6.07, 6.45) is -2.56. The third-order valence-electron chi connectivity index (χ3n) is 5.90. The number of Topliss-reactive ketones (excluding diaryl/α,β-unsaturated/α-hetero) is 1. The third-order valence-corrected chi connectivity index (χ3v) is 6.39. The Hall–Kier alpha value is -3.27. The highest BCUT2D eigenvalue weighted by atomic mass is 79.9. The van der Waals surface area contributed by atoms with Gasteiger partial charge in [-0.1, -0.05) is 42.3 Å². The number of alkyl carbamates (subject to hydrolysis) is 1. The van der Waals surface area contributed by atoms with Gasteiger partial charge in [-0.25, -0.2) is 9.59 Å². The van der Waals surface area contributed by atoms with E-state index in [0.717, 1.165) is 0 Å². The molecule has 0 saturated carbocycles. The molecule has 0 bridgehead atoms. The molecule has 34 heavy (non-hydrogen) atoms. The molecule has 180 valence electrons. The van der Waals surface area contributed by atoms with Crippen molar-refractivity contribution in [3.8, 4) is 17.2 Å². The number of halogens is 1. The quantitative estimate of drug-likeness (QED) is 0.550. The molecule has 0 unspecified atom stereocenters. The van der Waals surface area contributed by atoms with Crippen molar-refractivity contribution in [3.05, 3.63) is 52.0 Å². The second-order valence-electron chi connectivity index (χ2n) is 8.01. The number of methoxy groups -OCH3 is 1. The molecule has 1 amide bonds. The summed E-state index contributed by atoms with van der Waals surface area (Å²) in [5.41, 5.74) is 0.839. The fourth-order valence-electron chi connectivity index (χ4n) is 3.81. The summed E-state index contributed by atoms with van der Waals surface area (Å²) < 4.78 is 28.0. The number of carbonyl (C=O) groups is 3. The number of ketones is 1. The molecule has 9 nitrogen and oxygen atoms in total. The molecule has 4 rings (SSSR count). The number of benzene rings is 2. The first-order valence-corrected chi connectivity index (χ1v) is 11.6. The standard InChI is InChI=1S/C24H24BrNO8/c1-4-12(2)19(23(28)30-3)26-24(29)34-22-20(27)15-10-14(25)6-8-16(15)33-21(22)13-5-7-17-18(9-13)32-11-31-17/h5-10,12,19,21-22H,4,11H2,1-3H3,(H,26,29)/t12-,19+,21-,22+/m0/s1. The fraction of sp³-hybridized carbons (Fsp3) is 0.375. The fourth-order valence-corrected chi connectivity index (χ4v) is 4.17. The molecule has 0 aromatic heterocycles. The van der Waals surface area contributed by atoms with E-state index in [4.69, 9.17) is 23.7 Å². The van der Waals surface area contributed by atoms with Crippen LogP contribution in [-0.4, -0.2) is 43.9 Å². The normalized spacial score (nSPS) is 19.9. The van der Waals surface area contributed by atoms with Gasteiger partial charge in [0, 0.05) is 10.0 Å². The molecule has 2 aromatic rings. The Kier molecular flexibility index (Phi) is 6.97. The molecule has 2 aromatic carbocycles. The van der Waals surface area contributed by atoms with Crippen molar-refractivity contribution in [2.24, 2.45) is 5.92 Å². The van der Waals surface area contributed by atoms with Crippen molar-refractivity contribution >= 4 is 33.8 Å². The van der Waals surface area contributed by atoms with Crippen molar-refractivity contribution in [1.82, 2.24) is 5.32 Å². The maximum absolute atomic E-state index is 13.4. The zero-order chi connectivity index (χ0) is 24.4. The molecule has 1 N–H and O–H groups in total. The van der Waals surface area contributed by atoms with E-state index in [9.17, 15) is 14.4 Å². The van der Waals surface area contributed by atoms with E-state index in [1.807, 2.05) is 6.92 Å². The zero-order valence-corrected chi connectivity index (χ0v) is 20.4. The smallest absolute Gasteiger partial charge is 0.408 e. The Morgan fingerprint density at radius 3 is 2.62 bits per heavy atom. The summed E-state index contributed by atoms with van der Waals surface area (Å²) >= 11 is 3.35. The lowest BCUT2D eigenvalue weighted by Crippen LogP contribution is -2.49. The van der Waals surface area contributed by atoms with Crippen LogP contribution < -0.4 is 19.5 Å². The molecular formula is C24H24BrNO8. The van der Waals surface area contributed by atoms with E-state index in [1.54, 1.807) is 43.3 Å². The number of fused-ring (bicyclic) bond motifs is 2. The lowest BCUT2D eigenvalue weighted by Gasteiger charge is -2.33. The number of ether oxygens (including phenoxy) is 5. The maximum Gasteiger partial charge on any atom is 0.408 e. The molecule has 2 aliphatic heterocycles. The van der Waals surface area contributed by atoms with Crippen LogP contribution in [0.3, 0.4) is 0 Å². The van der Waals surface area contributed by atoms with Gasteiger partial charge in [0.1, 0.15) is 11.8 Å². The van der Waals surface area contributed by atoms with Crippen LogP contribution in [0.2, 0.25) is 0 Å². The Morgan fingerprint density at radius 2 is 1.88 bits per heavy atom. The lowest BCUT2D eigenvalue weighted by atomic mass is 9.93. The van der Waals surface area contributed by atoms with Crippen LogP contribution in [0.15, 0.2) is 40.9 Å². The van der Waals surface area contributed by atoms with E-state index in [2.05, 4.69) is 21.2 Å². The summed E-state index contributed by atoms with van der Waals surface area (Å²) in [5.74, 6) is 0.196. The molecule has 2 heterocycles. The van der Waals surface area contributed by atoms with Gasteiger partial charge in [0.25, 0.3) is 0 Å². The molecule has 4 atom stereocenters. The minimum atomic E-state index is -1.31. The number of hydrogen-bond donors (Lipinski definition) is 1. The number of amides is 1. The van der Waals surface area contributed by atoms with Gasteiger partial charge in [0.2, 0.25) is 18.7 Å². The van der Waals surface area contributed by atoms with E-state index >= 15 is 0 Å². The average Bonchev–Trinajstić information content (AvgIpc) is 3.31. The van der Waals surface area contributed by atoms with Gasteiger partial charge in [-0.15, -0.1) is 0 Å². The highest BCUT2D eigenvalue weighted by molar-refractivity contribution is 9.10. The van der Waals surface area contributed by atoms with Gasteiger partial charge in [0.05, 0.1) is 12.7 Å². The molecule has 0 spiro atoms. The summed E-state index contributed by atoms with van der Waals surface area (Å²) in [7, 11) is 1.24. The van der Waals surface area contributed by atoms with Crippen LogP contribution in [0.5, 0.6) is 17.2 Å². The summed E-state index contributed by atoms with van der Waals surface area (Å²) in [6, 6.07) is 9.23. The van der Waals surface area contributed by atoms with Gasteiger partial charge >= 0.3 is 12.1 Å². The van der Waals surface area contributed by atoms with Crippen LogP contribution in [0.25, 0.3) is 0 Å². The molecular weight excluding hydrogens is 510 g/mol. The Balaban J connectivity index is 1.64. The average molecular weight is 534 g/mol. The molecule has 0 radical (unpaired) electrons. The minimum absolute atomic E-state index is 0.0902. The second kappa shape index (κ2) is 9.92. The SMILES string of the molecule is CC[C@H](C)[C@@H](NC(=O)O[C@@H]1C(=O)c2cc(Br)ccc2O[C@H]1c1ccc2c(c1)OCO2)C(=O)OC. The number of nitrogens with one attached hydrogen (secondary N) is 1. The number of rotatable bonds is 6. The van der Waals surface area contributed by atoms with Gasteiger partial charge in [-0.3, -0.25) is 4.79 Å². The van der Waals surface area contributed by atoms with Gasteiger partial charge in [-0.05, 0) is 36.2 Å². The number of esters is 1. The topological polar surface area (TPSA) is 109 Å². The summed E-state index contributed by atoms with van der Waals surface area (Å²) in [6.45, 7) is 3.78. The lowest BCUT2D eigenvalue weighted by molar-refractivity contribution is -0.144. The van der Waals surface area contributed by atoms with E-state index in [0.29, 0.717) is 33.7 Å². The predicted octanol–water partition coefficient (Wildman–Crippen LogP) is 4.18. The second-order valence-corrected chi connectivity index (χ2v) is 8.93. The van der Waals surface area contributed by atoms with Crippen LogP contribution in [0.4, 0.5) is 4.79 Å². The van der Waals surface area contributed by atoms with Crippen LogP contribution in [0, 0.1) is 5.92 Å². The Morgan fingerprint density at radius 1 is 1.15 bits per heavy atom. The highest BCUT2D eigenvalue weighted by Gasteiger charge is 2.42. The van der Waals surface area contributed by atoms with Gasteiger partial charge in [0.15, 0.2) is 17.6 Å². The van der Waals surface area contributed by atoms with Crippen LogP contribution in [-0.2, 0) is 14.3 Å². The van der Waals surface area contributed by atoms with Crippen molar-refractivity contribution in [2.75, 3.05) is 13.9 Å². The van der Waals surface area contributed by atoms with Crippen molar-refractivity contribution in [1.29, 1.82) is 0 Å². The highest BCUT2D eigenvalue weighted by Crippen LogP contribution is 2.41. The minimum Gasteiger partial charge on any atom is -0.481 e. The zero-order valence-electron chi connectivity index (χ0n) is 18.8. The van der Waals surface area contributed by atoms with Crippen LogP contribution >= 0.6 is 15.9 Å². The first-order chi connectivity index (χ1) is 16.3. The monoisotopic (exact) mass is 533 g/mol. The molecule has 2 aliphatic rings.